The Hall–Kier alpha value is -1.59. The maximum atomic E-state index is 11.9. The lowest BCUT2D eigenvalue weighted by Gasteiger charge is -2.09. The highest BCUT2D eigenvalue weighted by atomic mass is 35.5. The quantitative estimate of drug-likeness (QED) is 0.786. The van der Waals surface area contributed by atoms with Crippen molar-refractivity contribution in [3.8, 4) is 0 Å². The van der Waals surface area contributed by atoms with Crippen molar-refractivity contribution in [3.05, 3.63) is 29.8 Å². The smallest absolute Gasteiger partial charge is 0.309 e. The summed E-state index contributed by atoms with van der Waals surface area (Å²) in [6.07, 6.45) is 2.89. The molecule has 5 nitrogen and oxygen atoms in total. The molecular formula is C16H23ClN2O3. The van der Waals surface area contributed by atoms with Crippen LogP contribution in [0.4, 0.5) is 5.69 Å². The number of methoxy groups -OCH3 is 1. The van der Waals surface area contributed by atoms with Crippen LogP contribution in [0.2, 0.25) is 0 Å². The average molecular weight is 327 g/mol. The summed E-state index contributed by atoms with van der Waals surface area (Å²) in [6, 6.07) is 7.28. The first-order valence-electron chi connectivity index (χ1n) is 7.33. The summed E-state index contributed by atoms with van der Waals surface area (Å²) in [7, 11) is 1.37. The molecule has 122 valence electrons. The molecule has 0 saturated carbocycles. The Bertz CT molecular complexity index is 485. The summed E-state index contributed by atoms with van der Waals surface area (Å²) in [6.45, 7) is 2.09. The zero-order valence-electron chi connectivity index (χ0n) is 12.8. The Balaban J connectivity index is 0.00000242. The van der Waals surface area contributed by atoms with E-state index in [-0.39, 0.29) is 30.7 Å². The molecule has 6 heteroatoms. The fourth-order valence-electron chi connectivity index (χ4n) is 2.46. The highest BCUT2D eigenvalue weighted by Crippen LogP contribution is 2.16. The van der Waals surface area contributed by atoms with E-state index in [2.05, 4.69) is 15.4 Å². The molecule has 1 aromatic rings. The molecule has 2 rings (SSSR count). The lowest BCUT2D eigenvalue weighted by molar-refractivity contribution is -0.139. The average Bonchev–Trinajstić information content (AvgIpc) is 3.00. The number of hydrogen-bond donors (Lipinski definition) is 2. The van der Waals surface area contributed by atoms with E-state index in [1.54, 1.807) is 0 Å². The van der Waals surface area contributed by atoms with Gasteiger partial charge in [0, 0.05) is 12.1 Å². The molecule has 0 radical (unpaired) electrons. The number of carbonyl (C=O) groups excluding carboxylic acids is 2. The van der Waals surface area contributed by atoms with Crippen molar-refractivity contribution in [1.82, 2.24) is 5.32 Å². The van der Waals surface area contributed by atoms with Crippen LogP contribution >= 0.6 is 12.4 Å². The van der Waals surface area contributed by atoms with Gasteiger partial charge in [0.25, 0.3) is 0 Å². The molecule has 1 atom stereocenters. The van der Waals surface area contributed by atoms with E-state index in [4.69, 9.17) is 0 Å². The molecular weight excluding hydrogens is 304 g/mol. The fourth-order valence-corrected chi connectivity index (χ4v) is 2.46. The van der Waals surface area contributed by atoms with Crippen LogP contribution in [0.25, 0.3) is 0 Å². The maximum absolute atomic E-state index is 11.9. The van der Waals surface area contributed by atoms with E-state index in [0.29, 0.717) is 12.3 Å². The Morgan fingerprint density at radius 3 is 2.64 bits per heavy atom. The van der Waals surface area contributed by atoms with Crippen molar-refractivity contribution in [2.24, 2.45) is 5.92 Å². The van der Waals surface area contributed by atoms with Gasteiger partial charge in [0.1, 0.15) is 0 Å². The van der Waals surface area contributed by atoms with Crippen molar-refractivity contribution < 1.29 is 14.3 Å². The number of carbonyl (C=O) groups is 2. The molecule has 1 aliphatic heterocycles. The van der Waals surface area contributed by atoms with Crippen LogP contribution < -0.4 is 10.6 Å². The Labute approximate surface area is 137 Å². The lowest BCUT2D eigenvalue weighted by Crippen LogP contribution is -2.15. The number of anilines is 1. The van der Waals surface area contributed by atoms with Gasteiger partial charge in [0.05, 0.1) is 13.5 Å². The van der Waals surface area contributed by atoms with Crippen LogP contribution in [0.15, 0.2) is 24.3 Å². The predicted molar refractivity (Wildman–Crippen MR) is 88.3 cm³/mol. The molecule has 1 heterocycles. The summed E-state index contributed by atoms with van der Waals surface area (Å²) in [5.41, 5.74) is 1.63. The molecule has 1 fully saturated rings. The molecule has 1 amide bonds. The minimum absolute atomic E-state index is 0. The zero-order valence-corrected chi connectivity index (χ0v) is 13.6. The van der Waals surface area contributed by atoms with Crippen LogP contribution in [0.5, 0.6) is 0 Å². The van der Waals surface area contributed by atoms with E-state index < -0.39 is 0 Å². The molecule has 1 aliphatic rings. The summed E-state index contributed by atoms with van der Waals surface area (Å²) in [4.78, 5) is 23.0. The van der Waals surface area contributed by atoms with E-state index >= 15 is 0 Å². The number of halogens is 1. The SMILES string of the molecule is COC(=O)Cc1ccc(NC(=O)CCC2CCNC2)cc1.Cl. The van der Waals surface area contributed by atoms with Crippen LogP contribution in [0.3, 0.4) is 0 Å². The second kappa shape index (κ2) is 9.43. The number of rotatable bonds is 6. The van der Waals surface area contributed by atoms with Gasteiger partial charge in [-0.3, -0.25) is 9.59 Å². The monoisotopic (exact) mass is 326 g/mol. The second-order valence-corrected chi connectivity index (χ2v) is 5.40. The standard InChI is InChI=1S/C16H22N2O3.ClH/c1-21-16(20)10-12-2-5-14(6-3-12)18-15(19)7-4-13-8-9-17-11-13;/h2-3,5-6,13,17H,4,7-11H2,1H3,(H,18,19);1H. The number of benzene rings is 1. The molecule has 0 aliphatic carbocycles. The first kappa shape index (κ1) is 18.5. The second-order valence-electron chi connectivity index (χ2n) is 5.40. The molecule has 1 aromatic carbocycles. The predicted octanol–water partition coefficient (Wildman–Crippen LogP) is 2.15. The summed E-state index contributed by atoms with van der Waals surface area (Å²) in [5, 5.41) is 6.19. The first-order valence-corrected chi connectivity index (χ1v) is 7.33. The third kappa shape index (κ3) is 6.03. The van der Waals surface area contributed by atoms with Gasteiger partial charge >= 0.3 is 5.97 Å². The number of esters is 1. The summed E-state index contributed by atoms with van der Waals surface area (Å²) in [5.74, 6) is 0.401. The highest BCUT2D eigenvalue weighted by molar-refractivity contribution is 5.90. The van der Waals surface area contributed by atoms with Gasteiger partial charge in [0.2, 0.25) is 5.91 Å². The largest absolute Gasteiger partial charge is 0.469 e. The van der Waals surface area contributed by atoms with Crippen molar-refractivity contribution in [1.29, 1.82) is 0 Å². The van der Waals surface area contributed by atoms with Gasteiger partial charge in [0.15, 0.2) is 0 Å². The van der Waals surface area contributed by atoms with Crippen molar-refractivity contribution >= 4 is 30.0 Å². The number of ether oxygens (including phenoxy) is 1. The van der Waals surface area contributed by atoms with E-state index in [1.807, 2.05) is 24.3 Å². The highest BCUT2D eigenvalue weighted by Gasteiger charge is 2.15. The van der Waals surface area contributed by atoms with Gasteiger partial charge in [-0.15, -0.1) is 12.4 Å². The van der Waals surface area contributed by atoms with Crippen molar-refractivity contribution in [3.63, 3.8) is 0 Å². The molecule has 1 saturated heterocycles. The molecule has 0 aromatic heterocycles. The fraction of sp³-hybridized carbons (Fsp3) is 0.500. The topological polar surface area (TPSA) is 67.4 Å². The first-order chi connectivity index (χ1) is 10.2. The molecule has 22 heavy (non-hydrogen) atoms. The van der Waals surface area contributed by atoms with Crippen LogP contribution in [0.1, 0.15) is 24.8 Å². The number of amides is 1. The van der Waals surface area contributed by atoms with Crippen LogP contribution in [-0.4, -0.2) is 32.1 Å². The van der Waals surface area contributed by atoms with Crippen molar-refractivity contribution in [2.75, 3.05) is 25.5 Å². The van der Waals surface area contributed by atoms with Gasteiger partial charge < -0.3 is 15.4 Å². The molecule has 2 N–H and O–H groups in total. The number of hydrogen-bond acceptors (Lipinski definition) is 4. The van der Waals surface area contributed by atoms with Crippen molar-refractivity contribution in [2.45, 2.75) is 25.7 Å². The number of nitrogens with one attached hydrogen (secondary N) is 2. The Morgan fingerprint density at radius 1 is 1.32 bits per heavy atom. The van der Waals surface area contributed by atoms with Gasteiger partial charge in [-0.2, -0.15) is 0 Å². The molecule has 0 bridgehead atoms. The van der Waals surface area contributed by atoms with Gasteiger partial charge in [-0.05, 0) is 49.5 Å². The third-order valence-electron chi connectivity index (χ3n) is 3.76. The normalized spacial score (nSPS) is 16.7. The van der Waals surface area contributed by atoms with Crippen LogP contribution in [-0.2, 0) is 20.7 Å². The van der Waals surface area contributed by atoms with Crippen LogP contribution in [0, 0.1) is 5.92 Å². The maximum Gasteiger partial charge on any atom is 0.309 e. The van der Waals surface area contributed by atoms with E-state index in [1.165, 1.54) is 7.11 Å². The zero-order chi connectivity index (χ0) is 15.1. The third-order valence-corrected chi connectivity index (χ3v) is 3.76. The Kier molecular flexibility index (Phi) is 7.91. The van der Waals surface area contributed by atoms with E-state index in [9.17, 15) is 9.59 Å². The Morgan fingerprint density at radius 2 is 2.05 bits per heavy atom. The molecule has 1 unspecified atom stereocenters. The minimum atomic E-state index is -0.267. The van der Waals surface area contributed by atoms with Gasteiger partial charge in [-0.25, -0.2) is 0 Å². The summed E-state index contributed by atoms with van der Waals surface area (Å²) < 4.78 is 4.62. The van der Waals surface area contributed by atoms with Gasteiger partial charge in [-0.1, -0.05) is 12.1 Å². The lowest BCUT2D eigenvalue weighted by atomic mass is 10.0. The van der Waals surface area contributed by atoms with E-state index in [0.717, 1.165) is 37.2 Å². The minimum Gasteiger partial charge on any atom is -0.469 e. The summed E-state index contributed by atoms with van der Waals surface area (Å²) >= 11 is 0. The molecule has 0 spiro atoms.